The van der Waals surface area contributed by atoms with Crippen molar-refractivity contribution >= 4 is 11.6 Å². The van der Waals surface area contributed by atoms with Crippen LogP contribution in [0.25, 0.3) is 0 Å². The van der Waals surface area contributed by atoms with Crippen molar-refractivity contribution in [3.05, 3.63) is 23.5 Å². The van der Waals surface area contributed by atoms with Crippen LogP contribution in [0.3, 0.4) is 0 Å². The second kappa shape index (κ2) is 3.43. The Morgan fingerprint density at radius 2 is 2.12 bits per heavy atom. The minimum Gasteiger partial charge on any atom is -0.392 e. The lowest BCUT2D eigenvalue weighted by atomic mass is 9.82. The lowest BCUT2D eigenvalue weighted by Crippen LogP contribution is -2.45. The summed E-state index contributed by atoms with van der Waals surface area (Å²) in [5, 5.41) is 9.28. The molecule has 5 nitrogen and oxygen atoms in total. The maximum atomic E-state index is 12.3. The van der Waals surface area contributed by atoms with Crippen LogP contribution in [-0.4, -0.2) is 59.3 Å². The first-order valence-electron chi connectivity index (χ1n) is 5.71. The van der Waals surface area contributed by atoms with Gasteiger partial charge in [0.15, 0.2) is 11.6 Å². The van der Waals surface area contributed by atoms with Gasteiger partial charge in [-0.05, 0) is 5.57 Å². The van der Waals surface area contributed by atoms with Crippen LogP contribution in [0, 0.1) is 5.92 Å². The molecular formula is C12H14N2O3. The van der Waals surface area contributed by atoms with Crippen molar-refractivity contribution in [3.8, 4) is 0 Å². The van der Waals surface area contributed by atoms with Gasteiger partial charge in [0, 0.05) is 32.4 Å². The number of aliphatic hydroxyl groups is 1. The molecule has 90 valence electrons. The number of aliphatic hydroxyl groups excluding tert-OH is 1. The number of carbonyl (C=O) groups excluding carboxylic acids is 2. The zero-order valence-electron chi connectivity index (χ0n) is 9.59. The van der Waals surface area contributed by atoms with Crippen LogP contribution in [0.4, 0.5) is 0 Å². The molecule has 17 heavy (non-hydrogen) atoms. The Bertz CT molecular complexity index is 462. The number of rotatable bonds is 2. The number of hydrogen-bond acceptors (Lipinski definition) is 5. The molecule has 0 amide bonds. The van der Waals surface area contributed by atoms with Crippen LogP contribution in [0.5, 0.6) is 0 Å². The first-order valence-corrected chi connectivity index (χ1v) is 5.71. The highest BCUT2D eigenvalue weighted by Crippen LogP contribution is 2.36. The molecule has 0 bridgehead atoms. The number of carbonyl (C=O) groups is 2. The fourth-order valence-corrected chi connectivity index (χ4v) is 2.66. The number of likely N-dealkylation sites (N-methyl/N-ethyl adjacent to an activating group) is 1. The van der Waals surface area contributed by atoms with E-state index in [-0.39, 0.29) is 18.2 Å². The van der Waals surface area contributed by atoms with Crippen molar-refractivity contribution in [2.24, 2.45) is 5.92 Å². The molecule has 0 aromatic carbocycles. The van der Waals surface area contributed by atoms with Crippen molar-refractivity contribution in [2.75, 3.05) is 26.7 Å². The summed E-state index contributed by atoms with van der Waals surface area (Å²) >= 11 is 0. The topological polar surface area (TPSA) is 60.6 Å². The van der Waals surface area contributed by atoms with Gasteiger partial charge in [-0.25, -0.2) is 0 Å². The van der Waals surface area contributed by atoms with Gasteiger partial charge in [0.25, 0.3) is 0 Å². The predicted molar refractivity (Wildman–Crippen MR) is 59.9 cm³/mol. The molecule has 2 aliphatic heterocycles. The van der Waals surface area contributed by atoms with Crippen LogP contribution >= 0.6 is 0 Å². The van der Waals surface area contributed by atoms with Gasteiger partial charge in [0.1, 0.15) is 6.04 Å². The fourth-order valence-electron chi connectivity index (χ4n) is 2.66. The smallest absolute Gasteiger partial charge is 0.188 e. The third-order valence-corrected chi connectivity index (χ3v) is 3.60. The van der Waals surface area contributed by atoms with Gasteiger partial charge >= 0.3 is 0 Å². The number of ketones is 2. The van der Waals surface area contributed by atoms with Gasteiger partial charge in [-0.2, -0.15) is 0 Å². The molecule has 0 spiro atoms. The number of hydrogen-bond donors (Lipinski definition) is 1. The van der Waals surface area contributed by atoms with E-state index in [0.29, 0.717) is 11.3 Å². The van der Waals surface area contributed by atoms with E-state index >= 15 is 0 Å². The predicted octanol–water partition coefficient (Wildman–Crippen LogP) is -0.856. The van der Waals surface area contributed by atoms with Crippen molar-refractivity contribution < 1.29 is 14.7 Å². The Morgan fingerprint density at radius 3 is 2.71 bits per heavy atom. The average Bonchev–Trinajstić information content (AvgIpc) is 3.07. The molecule has 0 saturated carbocycles. The molecule has 2 atom stereocenters. The second-order valence-corrected chi connectivity index (χ2v) is 4.73. The number of fused-ring (bicyclic) bond motifs is 1. The zero-order chi connectivity index (χ0) is 12.2. The lowest BCUT2D eigenvalue weighted by molar-refractivity contribution is -0.128. The van der Waals surface area contributed by atoms with Gasteiger partial charge in [0.2, 0.25) is 0 Å². The van der Waals surface area contributed by atoms with Gasteiger partial charge < -0.3 is 14.9 Å². The van der Waals surface area contributed by atoms with Crippen LogP contribution in [0.1, 0.15) is 0 Å². The Morgan fingerprint density at radius 1 is 1.41 bits per heavy atom. The number of Topliss-reactive ketones (excluding diaryl/α,β-unsaturated/α-hetero) is 1. The average molecular weight is 234 g/mol. The fraction of sp³-hybridized carbons (Fsp3) is 0.500. The highest BCUT2D eigenvalue weighted by atomic mass is 16.3. The van der Waals surface area contributed by atoms with E-state index in [9.17, 15) is 14.7 Å². The van der Waals surface area contributed by atoms with E-state index in [1.165, 1.54) is 6.08 Å². The first kappa shape index (κ1) is 10.5. The molecule has 0 aromatic heterocycles. The minimum atomic E-state index is -0.488. The van der Waals surface area contributed by atoms with Crippen molar-refractivity contribution in [2.45, 2.75) is 6.04 Å². The summed E-state index contributed by atoms with van der Waals surface area (Å²) in [7, 11) is 1.77. The molecule has 3 aliphatic rings. The Kier molecular flexibility index (Phi) is 2.13. The van der Waals surface area contributed by atoms with E-state index < -0.39 is 12.0 Å². The van der Waals surface area contributed by atoms with Crippen LogP contribution in [0.2, 0.25) is 0 Å². The van der Waals surface area contributed by atoms with Gasteiger partial charge in [0.05, 0.1) is 18.2 Å². The largest absolute Gasteiger partial charge is 0.392 e. The summed E-state index contributed by atoms with van der Waals surface area (Å²) in [6, 6.07) is -0.451. The van der Waals surface area contributed by atoms with E-state index in [2.05, 4.69) is 0 Å². The Balaban J connectivity index is 2.01. The van der Waals surface area contributed by atoms with Crippen molar-refractivity contribution in [1.29, 1.82) is 0 Å². The van der Waals surface area contributed by atoms with Gasteiger partial charge in [-0.3, -0.25) is 9.59 Å². The molecule has 1 saturated heterocycles. The summed E-state index contributed by atoms with van der Waals surface area (Å²) < 4.78 is 0. The first-order chi connectivity index (χ1) is 8.13. The maximum absolute atomic E-state index is 12.3. The molecule has 5 heteroatoms. The zero-order valence-corrected chi connectivity index (χ0v) is 9.59. The molecule has 1 aliphatic carbocycles. The van der Waals surface area contributed by atoms with Crippen LogP contribution in [0.15, 0.2) is 23.5 Å². The second-order valence-electron chi connectivity index (χ2n) is 4.73. The summed E-state index contributed by atoms with van der Waals surface area (Å²) in [5.41, 5.74) is 1.16. The minimum absolute atomic E-state index is 0.0308. The van der Waals surface area contributed by atoms with E-state index in [4.69, 9.17) is 0 Å². The third-order valence-electron chi connectivity index (χ3n) is 3.60. The molecule has 2 heterocycles. The normalized spacial score (nSPS) is 31.4. The molecule has 0 radical (unpaired) electrons. The molecule has 0 aromatic rings. The number of nitrogens with zero attached hydrogens (tertiary/aromatic N) is 2. The van der Waals surface area contributed by atoms with Crippen LogP contribution < -0.4 is 0 Å². The standard InChI is InChI=1S/C12H14N2O3/c1-13-5-7(6-15)10-11(13)9(16)4-8(12(10)17)14-2-3-14/h4-5,10-11,15H,2-3,6H2,1H3. The summed E-state index contributed by atoms with van der Waals surface area (Å²) in [5.74, 6) is -0.562. The molecule has 1 N–H and O–H groups in total. The molecule has 2 unspecified atom stereocenters. The number of allylic oxidation sites excluding steroid dienone is 1. The highest BCUT2D eigenvalue weighted by molar-refractivity contribution is 6.13. The quantitative estimate of drug-likeness (QED) is 0.630. The SMILES string of the molecule is CN1C=C(CO)C2C(=O)C(N3CC3)=CC(=O)C21. The van der Waals surface area contributed by atoms with E-state index in [1.54, 1.807) is 18.1 Å². The lowest BCUT2D eigenvalue weighted by Gasteiger charge is -2.29. The monoisotopic (exact) mass is 234 g/mol. The van der Waals surface area contributed by atoms with Gasteiger partial charge in [-0.15, -0.1) is 0 Å². The summed E-state index contributed by atoms with van der Waals surface area (Å²) in [4.78, 5) is 28.0. The van der Waals surface area contributed by atoms with Gasteiger partial charge in [-0.1, -0.05) is 0 Å². The molecule has 3 rings (SSSR count). The summed E-state index contributed by atoms with van der Waals surface area (Å²) in [6.45, 7) is 1.52. The van der Waals surface area contributed by atoms with Crippen molar-refractivity contribution in [3.63, 3.8) is 0 Å². The maximum Gasteiger partial charge on any atom is 0.188 e. The molecular weight excluding hydrogens is 220 g/mol. The highest BCUT2D eigenvalue weighted by Gasteiger charge is 2.48. The van der Waals surface area contributed by atoms with Crippen LogP contribution in [-0.2, 0) is 9.59 Å². The van der Waals surface area contributed by atoms with Crippen molar-refractivity contribution in [1.82, 2.24) is 9.80 Å². The van der Waals surface area contributed by atoms with E-state index in [0.717, 1.165) is 13.1 Å². The Hall–Kier alpha value is -1.62. The summed E-state index contributed by atoms with van der Waals surface area (Å²) in [6.07, 6.45) is 3.17. The Labute approximate surface area is 99.0 Å². The van der Waals surface area contributed by atoms with E-state index in [1.807, 2.05) is 4.90 Å². The molecule has 1 fully saturated rings. The third kappa shape index (κ3) is 1.42.